The van der Waals surface area contributed by atoms with Crippen LogP contribution in [0.1, 0.15) is 52.8 Å². The molecule has 0 bridgehead atoms. The first-order valence-electron chi connectivity index (χ1n) is 12.7. The zero-order valence-electron chi connectivity index (χ0n) is 23.1. The number of hydrogen-bond acceptors (Lipinski definition) is 3. The number of nitrogens with zero attached hydrogens (tertiary/aromatic N) is 2. The number of rotatable bonds is 5. The molecule has 0 saturated carbocycles. The van der Waals surface area contributed by atoms with Gasteiger partial charge < -0.3 is 0 Å². The van der Waals surface area contributed by atoms with Crippen molar-refractivity contribution in [3.63, 3.8) is 0 Å². The van der Waals surface area contributed by atoms with E-state index in [1.54, 1.807) is 0 Å². The number of benzene rings is 3. The maximum absolute atomic E-state index is 7.70. The van der Waals surface area contributed by atoms with Crippen LogP contribution in [-0.4, -0.2) is 27.8 Å². The molecular weight excluding hydrogens is 588 g/mol. The monoisotopic (exact) mass is 626 g/mol. The number of hydrogen-bond donors (Lipinski definition) is 0. The molecule has 3 aromatic carbocycles. The van der Waals surface area contributed by atoms with Gasteiger partial charge in [0, 0.05) is 0 Å². The fourth-order valence-electron chi connectivity index (χ4n) is 5.45. The molecule has 200 valence electrons. The minimum absolute atomic E-state index is 0.0532. The number of halogens is 2. The Morgan fingerprint density at radius 2 is 1.14 bits per heavy atom. The van der Waals surface area contributed by atoms with E-state index in [1.165, 1.54) is 44.8 Å². The van der Waals surface area contributed by atoms with Crippen LogP contribution >= 0.6 is 19.4 Å². The molecule has 3 nitrogen and oxygen atoms in total. The molecule has 1 heterocycles. The normalized spacial score (nSPS) is 14.6. The van der Waals surface area contributed by atoms with Gasteiger partial charge in [0.1, 0.15) is 0 Å². The van der Waals surface area contributed by atoms with Gasteiger partial charge in [-0.3, -0.25) is 0 Å². The summed E-state index contributed by atoms with van der Waals surface area (Å²) in [7, 11) is 15.4. The van der Waals surface area contributed by atoms with Crippen molar-refractivity contribution in [1.82, 2.24) is 0 Å². The zero-order chi connectivity index (χ0) is 27.1. The van der Waals surface area contributed by atoms with Crippen LogP contribution in [0, 0.1) is 41.5 Å². The average Bonchev–Trinajstić information content (AvgIpc) is 3.21. The second kappa shape index (κ2) is 11.1. The van der Waals surface area contributed by atoms with Crippen LogP contribution in [0.5, 0.6) is 0 Å². The van der Waals surface area contributed by atoms with Crippen LogP contribution in [0.2, 0.25) is 0 Å². The summed E-state index contributed by atoms with van der Waals surface area (Å²) in [5, 5.41) is 0. The Hall–Kier alpha value is -1.84. The molecule has 6 heteroatoms. The second-order valence-electron chi connectivity index (χ2n) is 10.3. The summed E-state index contributed by atoms with van der Waals surface area (Å²) >= 11 is -3.85. The molecule has 1 fully saturated rings. The SMILES string of the molecule is Cc1cc(C)c(N2CCN(c3c(C)cc(C)cc3C)[C]2=[Ru]([Cl])([Cl])=[C](OC(C)C)c2ccccc2)c(C)c1. The van der Waals surface area contributed by atoms with E-state index in [4.69, 9.17) is 24.1 Å². The van der Waals surface area contributed by atoms with Crippen LogP contribution < -0.4 is 9.80 Å². The van der Waals surface area contributed by atoms with Gasteiger partial charge in [-0.25, -0.2) is 0 Å². The molecule has 37 heavy (non-hydrogen) atoms. The van der Waals surface area contributed by atoms with E-state index < -0.39 is 11.9 Å². The third-order valence-corrected chi connectivity index (χ3v) is 13.0. The molecular formula is C31H38Cl2N2ORu. The predicted molar refractivity (Wildman–Crippen MR) is 159 cm³/mol. The van der Waals surface area contributed by atoms with Gasteiger partial charge >= 0.3 is 234 Å². The Balaban J connectivity index is 2.14. The number of aryl methyl sites for hydroxylation is 6. The predicted octanol–water partition coefficient (Wildman–Crippen LogP) is 8.02. The third-order valence-electron chi connectivity index (χ3n) is 6.52. The van der Waals surface area contributed by atoms with E-state index in [0.717, 1.165) is 23.0 Å². The molecule has 0 aromatic heterocycles. The van der Waals surface area contributed by atoms with Crippen molar-refractivity contribution in [2.45, 2.75) is 61.5 Å². The maximum atomic E-state index is 7.70. The van der Waals surface area contributed by atoms with Crippen LogP contribution in [0.15, 0.2) is 54.6 Å². The van der Waals surface area contributed by atoms with Gasteiger partial charge in [-0.1, -0.05) is 0 Å². The Labute approximate surface area is 232 Å². The molecule has 0 atom stereocenters. The number of anilines is 2. The van der Waals surface area contributed by atoms with Crippen LogP contribution in [0.25, 0.3) is 0 Å². The first-order chi connectivity index (χ1) is 17.4. The van der Waals surface area contributed by atoms with Gasteiger partial charge in [-0.15, -0.1) is 0 Å². The van der Waals surface area contributed by atoms with Crippen molar-refractivity contribution >= 4 is 39.4 Å². The molecule has 1 saturated heterocycles. The summed E-state index contributed by atoms with van der Waals surface area (Å²) in [6.45, 7) is 18.7. The third kappa shape index (κ3) is 5.64. The summed E-state index contributed by atoms with van der Waals surface area (Å²) < 4.78 is 8.19. The molecule has 0 N–H and O–H groups in total. The Morgan fingerprint density at radius 1 is 0.730 bits per heavy atom. The molecule has 1 aliphatic heterocycles. The van der Waals surface area contributed by atoms with Crippen molar-refractivity contribution in [2.24, 2.45) is 0 Å². The van der Waals surface area contributed by atoms with Gasteiger partial charge in [0.15, 0.2) is 0 Å². The zero-order valence-corrected chi connectivity index (χ0v) is 26.3. The fraction of sp³-hybridized carbons (Fsp3) is 0.355. The molecule has 0 aliphatic carbocycles. The van der Waals surface area contributed by atoms with Crippen molar-refractivity contribution < 1.29 is 16.6 Å². The van der Waals surface area contributed by atoms with E-state index in [2.05, 4.69) is 75.6 Å². The molecule has 0 radical (unpaired) electrons. The van der Waals surface area contributed by atoms with Gasteiger partial charge in [-0.2, -0.15) is 0 Å². The van der Waals surface area contributed by atoms with Gasteiger partial charge in [0.25, 0.3) is 0 Å². The molecule has 4 rings (SSSR count). The Kier molecular flexibility index (Phi) is 8.46. The van der Waals surface area contributed by atoms with E-state index >= 15 is 0 Å². The Bertz CT molecular complexity index is 1330. The van der Waals surface area contributed by atoms with Gasteiger partial charge in [0.2, 0.25) is 0 Å². The summed E-state index contributed by atoms with van der Waals surface area (Å²) in [4.78, 5) is 4.75. The van der Waals surface area contributed by atoms with E-state index in [-0.39, 0.29) is 6.10 Å². The van der Waals surface area contributed by atoms with Crippen molar-refractivity contribution in [3.8, 4) is 0 Å². The molecule has 3 aromatic rings. The van der Waals surface area contributed by atoms with E-state index in [1.807, 2.05) is 44.2 Å². The van der Waals surface area contributed by atoms with Crippen LogP contribution in [0.4, 0.5) is 11.4 Å². The Morgan fingerprint density at radius 3 is 1.51 bits per heavy atom. The minimum atomic E-state index is -3.85. The second-order valence-corrected chi connectivity index (χ2v) is 19.4. The van der Waals surface area contributed by atoms with E-state index in [9.17, 15) is 0 Å². The summed E-state index contributed by atoms with van der Waals surface area (Å²) in [5.74, 6) is 0. The van der Waals surface area contributed by atoms with Crippen molar-refractivity contribution in [3.05, 3.63) is 93.5 Å². The molecule has 0 amide bonds. The van der Waals surface area contributed by atoms with Crippen LogP contribution in [-0.2, 0) is 16.6 Å². The van der Waals surface area contributed by atoms with Gasteiger partial charge in [0.05, 0.1) is 0 Å². The quantitative estimate of drug-likeness (QED) is 0.267. The van der Waals surface area contributed by atoms with Crippen molar-refractivity contribution in [1.29, 1.82) is 0 Å². The standard InChI is InChI=1S/C21H26N2.C10H12O.2ClH.Ru/c1-14-9-16(3)20(17(4)10-14)22-7-8-23(13-22)21-18(5)11-15(2)12-19(21)6;1-9(2)11-8-10-6-4-3-5-7-10;;;/h9-12H,7-8H2,1-6H3;3-7,9H,1-2H3;2*1H;/q;;;;+2/p-2. The first kappa shape index (κ1) is 28.2. The molecule has 0 unspecified atom stereocenters. The first-order valence-corrected chi connectivity index (χ1v) is 18.9. The van der Waals surface area contributed by atoms with E-state index in [0.29, 0.717) is 4.29 Å². The average molecular weight is 627 g/mol. The molecule has 1 aliphatic rings. The summed E-state index contributed by atoms with van der Waals surface area (Å²) in [6, 6.07) is 19.1. The van der Waals surface area contributed by atoms with Crippen molar-refractivity contribution in [2.75, 3.05) is 22.9 Å². The number of ether oxygens (including phenoxy) is 1. The topological polar surface area (TPSA) is 15.7 Å². The summed E-state index contributed by atoms with van der Waals surface area (Å²) in [5.41, 5.74) is 10.7. The summed E-state index contributed by atoms with van der Waals surface area (Å²) in [6.07, 6.45) is -0.0532. The van der Waals surface area contributed by atoms with Gasteiger partial charge in [-0.05, 0) is 0 Å². The molecule has 0 spiro atoms. The fourth-order valence-corrected chi connectivity index (χ4v) is 12.3. The van der Waals surface area contributed by atoms with Crippen LogP contribution in [0.3, 0.4) is 0 Å².